The molecule has 6 nitrogen and oxygen atoms in total. The van der Waals surface area contributed by atoms with Crippen molar-refractivity contribution < 1.29 is 0 Å². The lowest BCUT2D eigenvalue weighted by molar-refractivity contribution is 0.401. The van der Waals surface area contributed by atoms with Gasteiger partial charge in [-0.05, 0) is 48.9 Å². The summed E-state index contributed by atoms with van der Waals surface area (Å²) in [6.45, 7) is 0. The van der Waals surface area contributed by atoms with Crippen molar-refractivity contribution in [1.29, 1.82) is 5.26 Å². The van der Waals surface area contributed by atoms with E-state index in [1.165, 1.54) is 18.5 Å². The largest absolute Gasteiger partial charge is 0.364 e. The third-order valence-corrected chi connectivity index (χ3v) is 6.95. The van der Waals surface area contributed by atoms with Crippen molar-refractivity contribution in [2.24, 2.45) is 13.0 Å². The first kappa shape index (κ1) is 18.2. The molecule has 1 aromatic carbocycles. The molecule has 2 atom stereocenters. The molecule has 6 heteroatoms. The van der Waals surface area contributed by atoms with Crippen molar-refractivity contribution in [3.05, 3.63) is 61.2 Å². The van der Waals surface area contributed by atoms with Crippen LogP contribution in [0.15, 0.2) is 61.2 Å². The Morgan fingerprint density at radius 2 is 1.68 bits per heavy atom. The van der Waals surface area contributed by atoms with Crippen molar-refractivity contribution in [3.63, 3.8) is 0 Å². The van der Waals surface area contributed by atoms with E-state index in [4.69, 9.17) is 0 Å². The summed E-state index contributed by atoms with van der Waals surface area (Å²) in [5.74, 6) is 0.192. The van der Waals surface area contributed by atoms with Crippen LogP contribution in [-0.2, 0) is 7.05 Å². The van der Waals surface area contributed by atoms with E-state index >= 15 is 0 Å². The molecule has 4 aromatic rings. The number of nitrogens with zero attached hydrogens (tertiary/aromatic N) is 6. The normalized spacial score (nSPS) is 22.7. The molecule has 5 heterocycles. The van der Waals surface area contributed by atoms with E-state index in [2.05, 4.69) is 57.6 Å². The predicted molar refractivity (Wildman–Crippen MR) is 120 cm³/mol. The third-order valence-electron chi connectivity index (χ3n) is 6.95. The smallest absolute Gasteiger partial charge is 0.0973 e. The monoisotopic (exact) mass is 408 g/mol. The second kappa shape index (κ2) is 6.98. The molecule has 0 spiro atoms. The second-order valence-corrected chi connectivity index (χ2v) is 8.81. The highest BCUT2D eigenvalue weighted by Gasteiger charge is 2.41. The quantitative estimate of drug-likeness (QED) is 0.494. The van der Waals surface area contributed by atoms with E-state index in [-0.39, 0.29) is 5.92 Å². The number of anilines is 1. The number of aromatic nitrogens is 4. The van der Waals surface area contributed by atoms with Crippen LogP contribution in [0, 0.1) is 17.2 Å². The van der Waals surface area contributed by atoms with E-state index in [1.807, 2.05) is 41.0 Å². The van der Waals surface area contributed by atoms with Crippen molar-refractivity contribution in [2.45, 2.75) is 37.8 Å². The summed E-state index contributed by atoms with van der Waals surface area (Å²) in [6.07, 6.45) is 12.2. The zero-order chi connectivity index (χ0) is 20.9. The fraction of sp³-hybridized carbons (Fsp3) is 0.320. The Kier molecular flexibility index (Phi) is 4.10. The summed E-state index contributed by atoms with van der Waals surface area (Å²) in [6, 6.07) is 16.4. The van der Waals surface area contributed by atoms with Crippen LogP contribution in [0.25, 0.3) is 27.8 Å². The van der Waals surface area contributed by atoms with E-state index in [9.17, 15) is 5.26 Å². The van der Waals surface area contributed by atoms with Crippen LogP contribution in [0.1, 0.15) is 25.7 Å². The van der Waals surface area contributed by atoms with Crippen LogP contribution in [0.5, 0.6) is 0 Å². The lowest BCUT2D eigenvalue weighted by Crippen LogP contribution is -2.43. The van der Waals surface area contributed by atoms with Gasteiger partial charge in [0.25, 0.3) is 0 Å². The lowest BCUT2D eigenvalue weighted by Gasteiger charge is -2.39. The first-order valence-corrected chi connectivity index (χ1v) is 10.9. The Morgan fingerprint density at radius 3 is 2.35 bits per heavy atom. The fourth-order valence-electron chi connectivity index (χ4n) is 5.53. The van der Waals surface area contributed by atoms with Gasteiger partial charge in [0.05, 0.1) is 35.6 Å². The molecule has 2 aliphatic heterocycles. The second-order valence-electron chi connectivity index (χ2n) is 8.81. The van der Waals surface area contributed by atoms with Crippen molar-refractivity contribution in [1.82, 2.24) is 19.4 Å². The average Bonchev–Trinajstić information content (AvgIpc) is 3.49. The van der Waals surface area contributed by atoms with Gasteiger partial charge in [-0.25, -0.2) is 4.52 Å². The number of nitriles is 1. The van der Waals surface area contributed by atoms with Crippen LogP contribution in [0.4, 0.5) is 5.69 Å². The van der Waals surface area contributed by atoms with Gasteiger partial charge in [-0.15, -0.1) is 0 Å². The van der Waals surface area contributed by atoms with Gasteiger partial charge in [0.2, 0.25) is 0 Å². The summed E-state index contributed by atoms with van der Waals surface area (Å²) >= 11 is 0. The molecule has 6 rings (SSSR count). The van der Waals surface area contributed by atoms with E-state index in [0.717, 1.165) is 40.6 Å². The van der Waals surface area contributed by atoms with Gasteiger partial charge < -0.3 is 4.90 Å². The molecule has 154 valence electrons. The summed E-state index contributed by atoms with van der Waals surface area (Å²) in [7, 11) is 1.94. The average molecular weight is 409 g/mol. The van der Waals surface area contributed by atoms with Crippen molar-refractivity contribution in [3.8, 4) is 28.3 Å². The molecule has 2 aliphatic rings. The van der Waals surface area contributed by atoms with E-state index in [0.29, 0.717) is 12.1 Å². The first-order valence-electron chi connectivity index (χ1n) is 10.9. The summed E-state index contributed by atoms with van der Waals surface area (Å²) in [4.78, 5) is 2.58. The number of hydrogen-bond donors (Lipinski definition) is 0. The maximum absolute atomic E-state index is 9.46. The standard InChI is InChI=1S/C25H24N6/c1-29-16-20(14-27-29)18-4-6-19(7-5-18)23-15-28-30-10-2-3-24(25(23)30)31-21-8-9-22(31)12-17(11-21)13-26/h2-7,10,14-17,21-22H,8-9,11-12H2,1H3. The Bertz CT molecular complexity index is 1280. The van der Waals surface area contributed by atoms with Crippen molar-refractivity contribution >= 4 is 11.2 Å². The molecule has 2 bridgehead atoms. The maximum Gasteiger partial charge on any atom is 0.0973 e. The summed E-state index contributed by atoms with van der Waals surface area (Å²) in [5, 5.41) is 18.4. The molecular weight excluding hydrogens is 384 g/mol. The molecule has 2 saturated heterocycles. The molecule has 0 aliphatic carbocycles. The van der Waals surface area contributed by atoms with Gasteiger partial charge in [-0.1, -0.05) is 24.3 Å². The van der Waals surface area contributed by atoms with Gasteiger partial charge in [0.15, 0.2) is 0 Å². The fourth-order valence-corrected chi connectivity index (χ4v) is 5.53. The number of pyridine rings is 1. The minimum absolute atomic E-state index is 0.192. The molecule has 31 heavy (non-hydrogen) atoms. The topological polar surface area (TPSA) is 62.1 Å². The Hall–Kier alpha value is -3.59. The van der Waals surface area contributed by atoms with Crippen LogP contribution in [0.3, 0.4) is 0 Å². The number of benzene rings is 1. The van der Waals surface area contributed by atoms with Crippen LogP contribution in [-0.4, -0.2) is 31.5 Å². The van der Waals surface area contributed by atoms with Gasteiger partial charge >= 0.3 is 0 Å². The van der Waals surface area contributed by atoms with Gasteiger partial charge in [0.1, 0.15) is 0 Å². The van der Waals surface area contributed by atoms with Crippen LogP contribution < -0.4 is 4.90 Å². The predicted octanol–water partition coefficient (Wildman–Crippen LogP) is 4.67. The first-order chi connectivity index (χ1) is 15.2. The minimum Gasteiger partial charge on any atom is -0.364 e. The minimum atomic E-state index is 0.192. The number of aryl methyl sites for hydroxylation is 1. The molecular formula is C25H24N6. The SMILES string of the molecule is Cn1cc(-c2ccc(-c3cnn4cccc(N5C6CCC5CC(C#N)C6)c34)cc2)cn1. The Labute approximate surface area is 181 Å². The van der Waals surface area contributed by atoms with Crippen molar-refractivity contribution in [2.75, 3.05) is 4.90 Å². The van der Waals surface area contributed by atoms with Gasteiger partial charge in [-0.3, -0.25) is 4.68 Å². The number of hydrogen-bond acceptors (Lipinski definition) is 4. The Morgan fingerprint density at radius 1 is 0.935 bits per heavy atom. The molecule has 3 aromatic heterocycles. The van der Waals surface area contributed by atoms with Crippen LogP contribution in [0.2, 0.25) is 0 Å². The summed E-state index contributed by atoms with van der Waals surface area (Å²) < 4.78 is 3.82. The Balaban J connectivity index is 1.41. The highest BCUT2D eigenvalue weighted by molar-refractivity contribution is 5.91. The molecule has 0 radical (unpaired) electrons. The molecule has 2 fully saturated rings. The van der Waals surface area contributed by atoms with Gasteiger partial charge in [0, 0.05) is 42.7 Å². The third kappa shape index (κ3) is 2.92. The zero-order valence-corrected chi connectivity index (χ0v) is 17.5. The lowest BCUT2D eigenvalue weighted by atomic mass is 9.91. The number of fused-ring (bicyclic) bond motifs is 3. The van der Waals surface area contributed by atoms with E-state index in [1.54, 1.807) is 0 Å². The number of rotatable bonds is 3. The van der Waals surface area contributed by atoms with Crippen LogP contribution >= 0.6 is 0 Å². The molecule has 0 N–H and O–H groups in total. The van der Waals surface area contributed by atoms with E-state index < -0.39 is 0 Å². The highest BCUT2D eigenvalue weighted by atomic mass is 15.3. The number of piperidine rings is 1. The zero-order valence-electron chi connectivity index (χ0n) is 17.5. The molecule has 2 unspecified atom stereocenters. The molecule has 0 saturated carbocycles. The summed E-state index contributed by atoms with van der Waals surface area (Å²) in [5.41, 5.74) is 6.99. The highest BCUT2D eigenvalue weighted by Crippen LogP contribution is 2.44. The molecule has 0 amide bonds. The van der Waals surface area contributed by atoms with Gasteiger partial charge in [-0.2, -0.15) is 15.5 Å². The maximum atomic E-state index is 9.46.